The largest absolute Gasteiger partial charge is 0.492 e. The number of benzene rings is 1. The third-order valence-electron chi connectivity index (χ3n) is 10.2. The summed E-state index contributed by atoms with van der Waals surface area (Å²) < 4.78 is 55.8. The highest BCUT2D eigenvalue weighted by molar-refractivity contribution is 6.26. The molecular formula is C36H32F3N3O8. The van der Waals surface area contributed by atoms with Crippen LogP contribution in [0.5, 0.6) is 0 Å². The Morgan fingerprint density at radius 2 is 1.52 bits per heavy atom. The summed E-state index contributed by atoms with van der Waals surface area (Å²) in [5.41, 5.74) is -0.0400. The predicted octanol–water partition coefficient (Wildman–Crippen LogP) is 3.42. The highest BCUT2D eigenvalue weighted by Crippen LogP contribution is 2.49. The Morgan fingerprint density at radius 3 is 2.10 bits per heavy atom. The van der Waals surface area contributed by atoms with Gasteiger partial charge in [0.05, 0.1) is 37.9 Å². The first-order chi connectivity index (χ1) is 23.7. The Hall–Kier alpha value is -5.13. The Kier molecular flexibility index (Phi) is 8.78. The molecule has 0 radical (unpaired) electrons. The van der Waals surface area contributed by atoms with Crippen LogP contribution < -0.4 is 0 Å². The lowest BCUT2D eigenvalue weighted by atomic mass is 9.67. The minimum atomic E-state index is -4.59. The lowest BCUT2D eigenvalue weighted by molar-refractivity contribution is -0.142. The molecule has 50 heavy (non-hydrogen) atoms. The summed E-state index contributed by atoms with van der Waals surface area (Å²) in [6.07, 6.45) is -2.53. The van der Waals surface area contributed by atoms with Gasteiger partial charge >= 0.3 is 12.1 Å². The number of alkyl halides is 3. The molecule has 0 aromatic heterocycles. The van der Waals surface area contributed by atoms with Crippen molar-refractivity contribution >= 4 is 35.2 Å². The van der Waals surface area contributed by atoms with Gasteiger partial charge in [0.2, 0.25) is 11.6 Å². The van der Waals surface area contributed by atoms with Gasteiger partial charge in [-0.2, -0.15) is 18.4 Å². The average molecular weight is 692 g/mol. The molecule has 3 heterocycles. The molecule has 1 saturated heterocycles. The second kappa shape index (κ2) is 12.6. The standard InChI is InChI=1S/C36H32F3N3O8/c1-16-30(44)20-13-23-29-28-21(31(45)17(2)35(49-5)33(28)47)12-22(41(29)3)24(14-40)42(23)25(27(20)32(46)34(16)48-4)15-50-26(43)10-9-18-7-6-8-19(11-18)36(37,38)39/h6-11,22-25,29H,12-13,15H2,1-5H3/b10-9+/t22-,23-,24-,25-,29-/m0/s1. The van der Waals surface area contributed by atoms with E-state index in [1.807, 2.05) is 4.90 Å². The van der Waals surface area contributed by atoms with Crippen molar-refractivity contribution in [2.75, 3.05) is 27.9 Å². The normalized spacial score (nSPS) is 27.4. The minimum Gasteiger partial charge on any atom is -0.492 e. The van der Waals surface area contributed by atoms with E-state index in [0.29, 0.717) is 0 Å². The Bertz CT molecular complexity index is 1960. The first-order valence-corrected chi connectivity index (χ1v) is 15.7. The predicted molar refractivity (Wildman–Crippen MR) is 168 cm³/mol. The molecule has 1 fully saturated rings. The number of rotatable bonds is 6. The summed E-state index contributed by atoms with van der Waals surface area (Å²) in [5, 5.41) is 10.6. The lowest BCUT2D eigenvalue weighted by Crippen LogP contribution is -2.74. The van der Waals surface area contributed by atoms with Crippen LogP contribution in [-0.2, 0) is 44.4 Å². The van der Waals surface area contributed by atoms with Gasteiger partial charge in [0.1, 0.15) is 12.6 Å². The second-order valence-electron chi connectivity index (χ2n) is 12.7. The zero-order valence-corrected chi connectivity index (χ0v) is 27.7. The molecule has 3 aliphatic heterocycles. The SMILES string of the molecule is COC1=C(C)C(=O)C2=C(C1=O)[C@@H]1[C@@H]3CC4=C(C(=O)C(OC)=C(C)C4=O)[C@H](COC(=O)/C=C/c4cccc(C(F)(F)F)c4)N3[C@@H](C#N)[C@H](C2)N1C. The number of esters is 1. The molecule has 0 saturated carbocycles. The molecule has 0 N–H and O–H groups in total. The monoisotopic (exact) mass is 691 g/mol. The number of hydrogen-bond acceptors (Lipinski definition) is 11. The van der Waals surface area contributed by atoms with Crippen LogP contribution in [0.3, 0.4) is 0 Å². The van der Waals surface area contributed by atoms with Gasteiger partial charge in [0.15, 0.2) is 23.1 Å². The number of carbonyl (C=O) groups excluding carboxylic acids is 5. The van der Waals surface area contributed by atoms with Gasteiger partial charge in [-0.3, -0.25) is 29.0 Å². The van der Waals surface area contributed by atoms with Gasteiger partial charge in [-0.1, -0.05) is 12.1 Å². The fourth-order valence-electron chi connectivity index (χ4n) is 7.97. The number of ketones is 4. The van der Waals surface area contributed by atoms with Gasteiger partial charge in [-0.15, -0.1) is 0 Å². The third-order valence-corrected chi connectivity index (χ3v) is 10.2. The van der Waals surface area contributed by atoms with Crippen molar-refractivity contribution in [3.63, 3.8) is 0 Å². The van der Waals surface area contributed by atoms with Crippen LogP contribution in [0.2, 0.25) is 0 Å². The number of fused-ring (bicyclic) bond motifs is 5. The van der Waals surface area contributed by atoms with Gasteiger partial charge in [0, 0.05) is 51.6 Å². The number of Topliss-reactive ketones (excluding diaryl/α,β-unsaturated/α-hetero) is 4. The summed E-state index contributed by atoms with van der Waals surface area (Å²) in [5.74, 6) is -3.22. The molecule has 2 bridgehead atoms. The van der Waals surface area contributed by atoms with E-state index in [1.165, 1.54) is 40.2 Å². The van der Waals surface area contributed by atoms with Crippen LogP contribution >= 0.6 is 0 Å². The van der Waals surface area contributed by atoms with E-state index in [4.69, 9.17) is 14.2 Å². The maximum absolute atomic E-state index is 14.0. The van der Waals surface area contributed by atoms with Crippen molar-refractivity contribution in [3.05, 3.63) is 86.4 Å². The summed E-state index contributed by atoms with van der Waals surface area (Å²) in [7, 11) is 4.27. The Labute approximate surface area is 284 Å². The maximum Gasteiger partial charge on any atom is 0.416 e. The topological polar surface area (TPSA) is 143 Å². The molecule has 1 aromatic carbocycles. The maximum atomic E-state index is 14.0. The molecular weight excluding hydrogens is 659 g/mol. The van der Waals surface area contributed by atoms with Crippen LogP contribution in [0.15, 0.2) is 75.3 Å². The number of ether oxygens (including phenoxy) is 3. The summed E-state index contributed by atoms with van der Waals surface area (Å²) in [6.45, 7) is 2.43. The molecule has 11 nitrogen and oxygen atoms in total. The number of allylic oxidation sites excluding steroid dienone is 4. The average Bonchev–Trinajstić information content (AvgIpc) is 3.08. The van der Waals surface area contributed by atoms with Crippen molar-refractivity contribution in [3.8, 4) is 6.07 Å². The number of piperazine rings is 1. The number of halogens is 3. The molecule has 1 aromatic rings. The van der Waals surface area contributed by atoms with Crippen LogP contribution in [0.1, 0.15) is 37.8 Å². The van der Waals surface area contributed by atoms with Crippen LogP contribution in [0.4, 0.5) is 13.2 Å². The summed E-state index contributed by atoms with van der Waals surface area (Å²) in [6, 6.07) is 2.22. The minimum absolute atomic E-state index is 0.0141. The molecule has 5 atom stereocenters. The first kappa shape index (κ1) is 34.7. The van der Waals surface area contributed by atoms with E-state index >= 15 is 0 Å². The smallest absolute Gasteiger partial charge is 0.416 e. The van der Waals surface area contributed by atoms with Gasteiger partial charge < -0.3 is 14.2 Å². The highest BCUT2D eigenvalue weighted by Gasteiger charge is 2.60. The van der Waals surface area contributed by atoms with Crippen molar-refractivity contribution < 1.29 is 51.4 Å². The van der Waals surface area contributed by atoms with Gasteiger partial charge in [-0.25, -0.2) is 4.79 Å². The molecule has 5 aliphatic rings. The van der Waals surface area contributed by atoms with E-state index in [2.05, 4.69) is 6.07 Å². The van der Waals surface area contributed by atoms with Crippen molar-refractivity contribution in [1.29, 1.82) is 5.26 Å². The van der Waals surface area contributed by atoms with Gasteiger partial charge in [0.25, 0.3) is 0 Å². The first-order valence-electron chi connectivity index (χ1n) is 15.7. The quantitative estimate of drug-likeness (QED) is 0.246. The molecule has 14 heteroatoms. The fraction of sp³-hybridized carbons (Fsp3) is 0.389. The van der Waals surface area contributed by atoms with E-state index in [1.54, 1.807) is 11.9 Å². The van der Waals surface area contributed by atoms with E-state index in [0.717, 1.165) is 24.3 Å². The van der Waals surface area contributed by atoms with Crippen LogP contribution in [0, 0.1) is 11.3 Å². The molecule has 0 amide bonds. The van der Waals surface area contributed by atoms with Crippen molar-refractivity contribution in [2.45, 2.75) is 63.1 Å². The Morgan fingerprint density at radius 1 is 0.940 bits per heavy atom. The summed E-state index contributed by atoms with van der Waals surface area (Å²) >= 11 is 0. The molecule has 0 spiro atoms. The molecule has 2 aliphatic carbocycles. The van der Waals surface area contributed by atoms with Crippen LogP contribution in [0.25, 0.3) is 6.08 Å². The van der Waals surface area contributed by atoms with Crippen molar-refractivity contribution in [2.24, 2.45) is 0 Å². The number of likely N-dealkylation sites (N-methyl/N-ethyl adjacent to an activating group) is 1. The lowest BCUT2D eigenvalue weighted by Gasteiger charge is -2.60. The van der Waals surface area contributed by atoms with Crippen LogP contribution in [-0.4, -0.2) is 97.0 Å². The zero-order chi connectivity index (χ0) is 36.4. The van der Waals surface area contributed by atoms with Gasteiger partial charge in [-0.05, 0) is 57.5 Å². The number of carbonyl (C=O) groups is 5. The van der Waals surface area contributed by atoms with E-state index in [-0.39, 0.29) is 69.1 Å². The third kappa shape index (κ3) is 5.32. The Balaban J connectivity index is 1.41. The highest BCUT2D eigenvalue weighted by atomic mass is 19.4. The fourth-order valence-corrected chi connectivity index (χ4v) is 7.97. The van der Waals surface area contributed by atoms with E-state index in [9.17, 15) is 42.4 Å². The number of nitriles is 1. The van der Waals surface area contributed by atoms with E-state index < -0.39 is 71.9 Å². The van der Waals surface area contributed by atoms with Crippen molar-refractivity contribution in [1.82, 2.24) is 9.80 Å². The summed E-state index contributed by atoms with van der Waals surface area (Å²) in [4.78, 5) is 71.8. The second-order valence-corrected chi connectivity index (χ2v) is 12.7. The molecule has 260 valence electrons. The number of hydrogen-bond donors (Lipinski definition) is 0. The molecule has 0 unspecified atom stereocenters. The number of methoxy groups -OCH3 is 2. The number of nitrogens with zero attached hydrogens (tertiary/aromatic N) is 3. The molecule has 6 rings (SSSR count). The zero-order valence-electron chi connectivity index (χ0n) is 27.7.